The zero-order valence-corrected chi connectivity index (χ0v) is 10.6. The second-order valence-corrected chi connectivity index (χ2v) is 5.09. The molecule has 1 aliphatic carbocycles. The Morgan fingerprint density at radius 2 is 2.28 bits per heavy atom. The van der Waals surface area contributed by atoms with Gasteiger partial charge < -0.3 is 4.98 Å². The van der Waals surface area contributed by atoms with Gasteiger partial charge in [0.1, 0.15) is 0 Å². The van der Waals surface area contributed by atoms with E-state index in [0.29, 0.717) is 0 Å². The smallest absolute Gasteiger partial charge is 0.222 e. The Hall–Kier alpha value is -1.84. The van der Waals surface area contributed by atoms with Crippen LogP contribution >= 0.6 is 0 Å². The lowest BCUT2D eigenvalue weighted by atomic mass is 9.89. The van der Waals surface area contributed by atoms with Crippen LogP contribution in [-0.4, -0.2) is 15.7 Å². The number of hydrogen-bond acceptors (Lipinski definition) is 3. The predicted octanol–water partition coefficient (Wildman–Crippen LogP) is 3.54. The molecule has 1 fully saturated rings. The van der Waals surface area contributed by atoms with Gasteiger partial charge in [-0.05, 0) is 43.7 Å². The number of anilines is 1. The largest absolute Gasteiger partial charge is 0.323 e. The summed E-state index contributed by atoms with van der Waals surface area (Å²) in [5.74, 6) is 1.48. The molecule has 0 aliphatic heterocycles. The molecule has 1 aliphatic rings. The molecule has 1 aromatic carbocycles. The summed E-state index contributed by atoms with van der Waals surface area (Å²) in [6, 6.07) is 8.00. The summed E-state index contributed by atoms with van der Waals surface area (Å²) in [5.41, 5.74) is 6.31. The molecule has 3 rings (SSSR count). The second kappa shape index (κ2) is 4.80. The van der Waals surface area contributed by atoms with Crippen molar-refractivity contribution in [3.8, 4) is 0 Å². The summed E-state index contributed by atoms with van der Waals surface area (Å²) < 4.78 is 0. The van der Waals surface area contributed by atoms with Gasteiger partial charge in [-0.2, -0.15) is 5.10 Å². The molecule has 4 heteroatoms. The Labute approximate surface area is 107 Å². The van der Waals surface area contributed by atoms with Crippen LogP contribution in [0.3, 0.4) is 0 Å². The maximum atomic E-state index is 4.47. The number of fused-ring (bicyclic) bond motifs is 1. The van der Waals surface area contributed by atoms with Crippen molar-refractivity contribution in [2.45, 2.75) is 32.6 Å². The monoisotopic (exact) mass is 242 g/mol. The van der Waals surface area contributed by atoms with Crippen LogP contribution in [0.4, 0.5) is 5.95 Å². The van der Waals surface area contributed by atoms with Crippen LogP contribution in [0, 0.1) is 5.92 Å². The van der Waals surface area contributed by atoms with E-state index in [9.17, 15) is 0 Å². The summed E-state index contributed by atoms with van der Waals surface area (Å²) in [6.07, 6.45) is 4.79. The molecule has 1 atom stereocenters. The lowest BCUT2D eigenvalue weighted by Gasteiger charge is -2.18. The Kier molecular flexibility index (Phi) is 3.00. The number of nitrogens with zero attached hydrogens (tertiary/aromatic N) is 2. The maximum absolute atomic E-state index is 4.47. The van der Waals surface area contributed by atoms with E-state index in [4.69, 9.17) is 0 Å². The second-order valence-electron chi connectivity index (χ2n) is 5.09. The summed E-state index contributed by atoms with van der Waals surface area (Å²) in [7, 11) is 0. The van der Waals surface area contributed by atoms with Gasteiger partial charge in [0.05, 0.1) is 11.0 Å². The van der Waals surface area contributed by atoms with E-state index in [1.807, 2.05) is 24.3 Å². The minimum atomic E-state index is 0.724. The molecule has 0 bridgehead atoms. The van der Waals surface area contributed by atoms with Crippen molar-refractivity contribution in [3.63, 3.8) is 0 Å². The van der Waals surface area contributed by atoms with Crippen LogP contribution in [0.2, 0.25) is 0 Å². The average Bonchev–Trinajstić information content (AvgIpc) is 2.79. The fourth-order valence-corrected chi connectivity index (χ4v) is 2.50. The minimum Gasteiger partial charge on any atom is -0.323 e. The van der Waals surface area contributed by atoms with E-state index in [-0.39, 0.29) is 0 Å². The van der Waals surface area contributed by atoms with Crippen LogP contribution in [0.1, 0.15) is 32.6 Å². The molecule has 1 saturated carbocycles. The third-order valence-corrected chi connectivity index (χ3v) is 3.46. The number of aromatic nitrogens is 2. The zero-order valence-electron chi connectivity index (χ0n) is 10.6. The lowest BCUT2D eigenvalue weighted by molar-refractivity contribution is 0.500. The number of H-pyrrole nitrogens is 1. The van der Waals surface area contributed by atoms with E-state index >= 15 is 0 Å². The normalized spacial score (nSPS) is 22.5. The predicted molar refractivity (Wildman–Crippen MR) is 74.8 cm³/mol. The first-order chi connectivity index (χ1) is 8.81. The van der Waals surface area contributed by atoms with Crippen LogP contribution in [0.25, 0.3) is 11.0 Å². The van der Waals surface area contributed by atoms with Crippen LogP contribution in [0.5, 0.6) is 0 Å². The Bertz CT molecular complexity index is 537. The van der Waals surface area contributed by atoms with E-state index in [2.05, 4.69) is 27.4 Å². The number of rotatable bonds is 2. The highest BCUT2D eigenvalue weighted by Gasteiger charge is 2.13. The highest BCUT2D eigenvalue weighted by molar-refractivity contribution is 5.86. The number of hydrogen-bond donors (Lipinski definition) is 2. The van der Waals surface area contributed by atoms with E-state index in [1.54, 1.807) is 0 Å². The van der Waals surface area contributed by atoms with Gasteiger partial charge >= 0.3 is 0 Å². The third kappa shape index (κ3) is 2.37. The summed E-state index contributed by atoms with van der Waals surface area (Å²) in [4.78, 5) is 7.66. The van der Waals surface area contributed by atoms with Crippen molar-refractivity contribution in [1.29, 1.82) is 0 Å². The van der Waals surface area contributed by atoms with Crippen molar-refractivity contribution in [3.05, 3.63) is 24.3 Å². The van der Waals surface area contributed by atoms with Crippen molar-refractivity contribution in [2.24, 2.45) is 11.0 Å². The van der Waals surface area contributed by atoms with Gasteiger partial charge in [-0.3, -0.25) is 0 Å². The minimum absolute atomic E-state index is 0.724. The summed E-state index contributed by atoms with van der Waals surface area (Å²) in [6.45, 7) is 2.29. The third-order valence-electron chi connectivity index (χ3n) is 3.46. The molecule has 2 aromatic rings. The Morgan fingerprint density at radius 3 is 3.11 bits per heavy atom. The van der Waals surface area contributed by atoms with Crippen LogP contribution < -0.4 is 5.43 Å². The number of imidazole rings is 1. The van der Waals surface area contributed by atoms with Crippen LogP contribution in [0.15, 0.2) is 29.4 Å². The van der Waals surface area contributed by atoms with Gasteiger partial charge in [0.2, 0.25) is 5.95 Å². The quantitative estimate of drug-likeness (QED) is 0.791. The number of benzene rings is 1. The van der Waals surface area contributed by atoms with Gasteiger partial charge in [-0.15, -0.1) is 0 Å². The molecule has 1 heterocycles. The molecular formula is C14H18N4. The Morgan fingerprint density at radius 1 is 1.39 bits per heavy atom. The topological polar surface area (TPSA) is 53.1 Å². The number of para-hydroxylation sites is 2. The molecule has 94 valence electrons. The molecule has 1 unspecified atom stereocenters. The highest BCUT2D eigenvalue weighted by Crippen LogP contribution is 2.21. The van der Waals surface area contributed by atoms with Crippen LogP contribution in [-0.2, 0) is 0 Å². The first-order valence-electron chi connectivity index (χ1n) is 6.57. The fourth-order valence-electron chi connectivity index (χ4n) is 2.50. The fraction of sp³-hybridized carbons (Fsp3) is 0.429. The molecule has 0 spiro atoms. The Balaban J connectivity index is 1.74. The van der Waals surface area contributed by atoms with E-state index in [1.165, 1.54) is 18.6 Å². The number of hydrazone groups is 1. The number of aromatic amines is 1. The maximum Gasteiger partial charge on any atom is 0.222 e. The first kappa shape index (κ1) is 11.3. The van der Waals surface area contributed by atoms with E-state index in [0.717, 1.165) is 35.7 Å². The molecular weight excluding hydrogens is 224 g/mol. The zero-order chi connectivity index (χ0) is 12.4. The van der Waals surface area contributed by atoms with Gasteiger partial charge in [0.25, 0.3) is 0 Å². The van der Waals surface area contributed by atoms with Crippen molar-refractivity contribution >= 4 is 22.7 Å². The molecule has 2 N–H and O–H groups in total. The lowest BCUT2D eigenvalue weighted by Crippen LogP contribution is -2.14. The van der Waals surface area contributed by atoms with E-state index < -0.39 is 0 Å². The summed E-state index contributed by atoms with van der Waals surface area (Å²) in [5, 5.41) is 4.47. The van der Waals surface area contributed by atoms with Crippen molar-refractivity contribution < 1.29 is 0 Å². The molecule has 4 nitrogen and oxygen atoms in total. The molecule has 0 radical (unpaired) electrons. The molecule has 0 saturated heterocycles. The molecule has 1 aromatic heterocycles. The van der Waals surface area contributed by atoms with Gasteiger partial charge in [0, 0.05) is 5.71 Å². The van der Waals surface area contributed by atoms with Gasteiger partial charge in [-0.1, -0.05) is 19.1 Å². The first-order valence-corrected chi connectivity index (χ1v) is 6.57. The SMILES string of the molecule is CC1CCCC(=NNc2nc3ccccc3[nH]2)C1. The van der Waals surface area contributed by atoms with Crippen molar-refractivity contribution in [1.82, 2.24) is 9.97 Å². The standard InChI is InChI=1S/C14H18N4/c1-10-5-4-6-11(9-10)17-18-14-15-12-7-2-3-8-13(12)16-14/h2-3,7-8,10H,4-6,9H2,1H3,(H2,15,16,18). The summed E-state index contributed by atoms with van der Waals surface area (Å²) >= 11 is 0. The molecule has 18 heavy (non-hydrogen) atoms. The molecule has 0 amide bonds. The van der Waals surface area contributed by atoms with Crippen molar-refractivity contribution in [2.75, 3.05) is 5.43 Å². The average molecular weight is 242 g/mol. The number of nitrogens with one attached hydrogen (secondary N) is 2. The highest BCUT2D eigenvalue weighted by atomic mass is 15.4. The van der Waals surface area contributed by atoms with Gasteiger partial charge in [0.15, 0.2) is 0 Å². The van der Waals surface area contributed by atoms with Gasteiger partial charge in [-0.25, -0.2) is 10.4 Å².